The van der Waals surface area contributed by atoms with E-state index >= 15 is 0 Å². The van der Waals surface area contributed by atoms with Gasteiger partial charge in [-0.3, -0.25) is 4.39 Å². The van der Waals surface area contributed by atoms with E-state index < -0.39 is 6.10 Å². The zero-order valence-corrected chi connectivity index (χ0v) is 22.6. The predicted octanol–water partition coefficient (Wildman–Crippen LogP) is 6.71. The first-order valence-electron chi connectivity index (χ1n) is 12.9. The minimum atomic E-state index is -0.625. The average molecular weight is 479 g/mol. The molecule has 0 amide bonds. The summed E-state index contributed by atoms with van der Waals surface area (Å²) in [4.78, 5) is 9.53. The number of nitrogens with zero attached hydrogens (tertiary/aromatic N) is 3. The Bertz CT molecular complexity index is 860. The van der Waals surface area contributed by atoms with Gasteiger partial charge in [-0.05, 0) is 70.9 Å². The topological polar surface area (TPSA) is 72.2 Å². The fraction of sp³-hybridized carbons (Fsp3) is 0.704. The maximum Gasteiger partial charge on any atom is 0.162 e. The summed E-state index contributed by atoms with van der Waals surface area (Å²) in [6, 6.07) is 4.16. The highest BCUT2D eigenvalue weighted by Crippen LogP contribution is 2.26. The first kappa shape index (κ1) is 30.0. The molecule has 0 saturated carbocycles. The third-order valence-corrected chi connectivity index (χ3v) is 6.06. The Morgan fingerprint density at radius 2 is 1.82 bits per heavy atom. The summed E-state index contributed by atoms with van der Waals surface area (Å²) >= 11 is 0. The monoisotopic (exact) mass is 478 g/mol. The molecule has 0 aromatic carbocycles. The van der Waals surface area contributed by atoms with Crippen molar-refractivity contribution < 1.29 is 14.2 Å². The van der Waals surface area contributed by atoms with E-state index in [9.17, 15) is 9.50 Å². The minimum absolute atomic E-state index is 0.192. The number of fused-ring (bicyclic) bond motifs is 1. The molecule has 2 aromatic rings. The van der Waals surface area contributed by atoms with Gasteiger partial charge in [0, 0.05) is 25.8 Å². The van der Waals surface area contributed by atoms with Gasteiger partial charge in [-0.25, -0.2) is 9.97 Å². The Balaban J connectivity index is 0.00000107. The van der Waals surface area contributed by atoms with Crippen LogP contribution < -0.4 is 5.32 Å². The molecule has 0 bridgehead atoms. The Morgan fingerprint density at radius 1 is 1.21 bits per heavy atom. The van der Waals surface area contributed by atoms with Crippen LogP contribution in [-0.2, 0) is 11.3 Å². The Morgan fingerprint density at radius 3 is 2.38 bits per heavy atom. The molecule has 2 N–H and O–H groups in total. The van der Waals surface area contributed by atoms with Gasteiger partial charge in [-0.1, -0.05) is 39.3 Å². The van der Waals surface area contributed by atoms with Crippen LogP contribution in [-0.4, -0.2) is 45.6 Å². The summed E-state index contributed by atoms with van der Waals surface area (Å²) in [6.45, 7) is 18.2. The van der Waals surface area contributed by atoms with E-state index in [-0.39, 0.29) is 12.7 Å². The Hall–Kier alpha value is -1.99. The zero-order valence-electron chi connectivity index (χ0n) is 22.6. The smallest absolute Gasteiger partial charge is 0.162 e. The fourth-order valence-electron chi connectivity index (χ4n) is 3.94. The molecule has 1 saturated heterocycles. The summed E-state index contributed by atoms with van der Waals surface area (Å²) in [6.07, 6.45) is 4.87. The Labute approximate surface area is 206 Å². The lowest BCUT2D eigenvalue weighted by Crippen LogP contribution is -2.22. The molecule has 194 valence electrons. The molecule has 0 radical (unpaired) electrons. The van der Waals surface area contributed by atoms with Crippen molar-refractivity contribution >= 4 is 17.0 Å². The number of imidazole rings is 1. The fourth-order valence-corrected chi connectivity index (χ4v) is 3.94. The molecule has 7 heteroatoms. The van der Waals surface area contributed by atoms with Crippen molar-refractivity contribution in [2.24, 2.45) is 11.8 Å². The maximum atomic E-state index is 10.3. The van der Waals surface area contributed by atoms with Crippen LogP contribution in [0.4, 0.5) is 10.2 Å². The number of hydrogen-bond acceptors (Lipinski definition) is 5. The highest BCUT2D eigenvalue weighted by Gasteiger charge is 2.21. The molecule has 34 heavy (non-hydrogen) atoms. The number of halogens is 1. The van der Waals surface area contributed by atoms with Gasteiger partial charge >= 0.3 is 0 Å². The van der Waals surface area contributed by atoms with Gasteiger partial charge in [0.25, 0.3) is 0 Å². The summed E-state index contributed by atoms with van der Waals surface area (Å²) in [5.74, 6) is 2.64. The second-order valence-electron chi connectivity index (χ2n) is 8.77. The SMILES string of the molecule is CC.CCC(C)/C(C)=C/C(C)Nc1ccc2nc(C(C)O)n(CC3CCOCC3)c2n1.CCF. The first-order chi connectivity index (χ1) is 16.3. The number of allylic oxidation sites excluding steroid dienone is 1. The summed E-state index contributed by atoms with van der Waals surface area (Å²) < 4.78 is 17.9. The number of hydrogen-bond donors (Lipinski definition) is 2. The molecule has 1 aliphatic heterocycles. The number of ether oxygens (including phenoxy) is 1. The minimum Gasteiger partial charge on any atom is -0.385 e. The average Bonchev–Trinajstić information content (AvgIpc) is 3.19. The number of aromatic nitrogens is 3. The van der Waals surface area contributed by atoms with E-state index in [1.165, 1.54) is 12.5 Å². The molecular weight excluding hydrogens is 431 g/mol. The largest absolute Gasteiger partial charge is 0.385 e. The summed E-state index contributed by atoms with van der Waals surface area (Å²) in [5, 5.41) is 13.8. The third-order valence-electron chi connectivity index (χ3n) is 6.06. The lowest BCUT2D eigenvalue weighted by molar-refractivity contribution is 0.0605. The molecule has 1 fully saturated rings. The van der Waals surface area contributed by atoms with Crippen LogP contribution in [0.1, 0.15) is 86.6 Å². The van der Waals surface area contributed by atoms with Gasteiger partial charge < -0.3 is 19.7 Å². The first-order valence-corrected chi connectivity index (χ1v) is 12.9. The number of nitrogens with one attached hydrogen (secondary N) is 1. The van der Waals surface area contributed by atoms with Crippen LogP contribution in [0, 0.1) is 11.8 Å². The molecular formula is C27H47FN4O2. The van der Waals surface area contributed by atoms with Crippen LogP contribution >= 0.6 is 0 Å². The summed E-state index contributed by atoms with van der Waals surface area (Å²) in [5.41, 5.74) is 3.07. The van der Waals surface area contributed by atoms with Gasteiger partial charge in [0.2, 0.25) is 0 Å². The molecule has 1 aliphatic rings. The lowest BCUT2D eigenvalue weighted by atomic mass is 9.98. The molecule has 6 nitrogen and oxygen atoms in total. The summed E-state index contributed by atoms with van der Waals surface area (Å²) in [7, 11) is 0. The van der Waals surface area contributed by atoms with Gasteiger partial charge in [0.05, 0.1) is 6.67 Å². The number of aliphatic hydroxyl groups excluding tert-OH is 1. The van der Waals surface area contributed by atoms with Crippen molar-refractivity contribution in [3.05, 3.63) is 29.6 Å². The predicted molar refractivity (Wildman–Crippen MR) is 141 cm³/mol. The number of anilines is 1. The highest BCUT2D eigenvalue weighted by molar-refractivity contribution is 5.74. The van der Waals surface area contributed by atoms with Crippen LogP contribution in [0.25, 0.3) is 11.2 Å². The molecule has 0 spiro atoms. The van der Waals surface area contributed by atoms with Crippen LogP contribution in [0.3, 0.4) is 0 Å². The quantitative estimate of drug-likeness (QED) is 0.413. The second kappa shape index (κ2) is 15.8. The van der Waals surface area contributed by atoms with Crippen LogP contribution in [0.15, 0.2) is 23.8 Å². The van der Waals surface area contributed by atoms with Gasteiger partial charge in [-0.2, -0.15) is 0 Å². The van der Waals surface area contributed by atoms with Gasteiger partial charge in [0.1, 0.15) is 23.3 Å². The van der Waals surface area contributed by atoms with Crippen molar-refractivity contribution in [2.45, 2.75) is 93.3 Å². The zero-order chi connectivity index (χ0) is 25.7. The van der Waals surface area contributed by atoms with Crippen LogP contribution in [0.5, 0.6) is 0 Å². The van der Waals surface area contributed by atoms with E-state index in [1.54, 1.807) is 6.92 Å². The van der Waals surface area contributed by atoms with E-state index in [0.717, 1.165) is 56.0 Å². The van der Waals surface area contributed by atoms with Crippen molar-refractivity contribution in [3.8, 4) is 0 Å². The standard InChI is InChI=1S/C23H36N4O2.C2H5F.C2H6/c1-6-15(2)16(3)13-17(4)24-21-8-7-20-23(26-21)27(22(25-20)18(5)28)14-19-9-11-29-12-10-19;1-2-3;1-2/h7-8,13,15,17-19,28H,6,9-12,14H2,1-5H3,(H,24,26);2H2,1H3;1-2H3/b16-13+;;. The van der Waals surface area contributed by atoms with E-state index in [0.29, 0.717) is 17.7 Å². The molecule has 3 rings (SSSR count). The van der Waals surface area contributed by atoms with Gasteiger partial charge in [-0.15, -0.1) is 0 Å². The highest BCUT2D eigenvalue weighted by atomic mass is 19.1. The number of rotatable bonds is 8. The number of aliphatic hydroxyl groups is 1. The van der Waals surface area contributed by atoms with E-state index in [1.807, 2.05) is 26.0 Å². The molecule has 3 unspecified atom stereocenters. The van der Waals surface area contributed by atoms with Crippen molar-refractivity contribution in [3.63, 3.8) is 0 Å². The van der Waals surface area contributed by atoms with Crippen molar-refractivity contribution in [2.75, 3.05) is 25.2 Å². The van der Waals surface area contributed by atoms with E-state index in [2.05, 4.69) is 48.6 Å². The second-order valence-corrected chi connectivity index (χ2v) is 8.77. The molecule has 2 aromatic heterocycles. The maximum absolute atomic E-state index is 10.3. The van der Waals surface area contributed by atoms with E-state index in [4.69, 9.17) is 9.72 Å². The van der Waals surface area contributed by atoms with Crippen molar-refractivity contribution in [1.29, 1.82) is 0 Å². The number of alkyl halides is 1. The molecule has 3 atom stereocenters. The molecule has 0 aliphatic carbocycles. The molecule has 3 heterocycles. The normalized spacial score (nSPS) is 17.2. The Kier molecular flexibility index (Phi) is 14.0. The number of pyridine rings is 1. The third kappa shape index (κ3) is 8.99. The van der Waals surface area contributed by atoms with Gasteiger partial charge in [0.15, 0.2) is 5.65 Å². The van der Waals surface area contributed by atoms with Crippen LogP contribution in [0.2, 0.25) is 0 Å². The lowest BCUT2D eigenvalue weighted by Gasteiger charge is -2.23. The van der Waals surface area contributed by atoms with Crippen molar-refractivity contribution in [1.82, 2.24) is 14.5 Å².